The standard InChI is InChI=1S/C17H20N2O3/c1-18-11-15(20)12-22-16-9-7-14(8-10-16)19-17(21)13-5-3-2-4-6-13/h2-10,15,18,20H,11-12H2,1H3,(H,19,21). The Balaban J connectivity index is 1.88. The zero-order valence-electron chi connectivity index (χ0n) is 12.5. The summed E-state index contributed by atoms with van der Waals surface area (Å²) in [4.78, 5) is 12.0. The molecule has 2 aromatic rings. The first-order valence-corrected chi connectivity index (χ1v) is 7.11. The first kappa shape index (κ1) is 16.0. The molecule has 5 heteroatoms. The van der Waals surface area contributed by atoms with Crippen LogP contribution in [0.3, 0.4) is 0 Å². The van der Waals surface area contributed by atoms with E-state index in [0.29, 0.717) is 23.5 Å². The van der Waals surface area contributed by atoms with Crippen LogP contribution < -0.4 is 15.4 Å². The summed E-state index contributed by atoms with van der Waals surface area (Å²) in [5, 5.41) is 15.3. The fourth-order valence-corrected chi connectivity index (χ4v) is 1.91. The largest absolute Gasteiger partial charge is 0.491 e. The van der Waals surface area contributed by atoms with Gasteiger partial charge >= 0.3 is 0 Å². The molecule has 0 saturated heterocycles. The Morgan fingerprint density at radius 1 is 1.14 bits per heavy atom. The number of carbonyl (C=O) groups is 1. The van der Waals surface area contributed by atoms with Crippen LogP contribution in [-0.2, 0) is 0 Å². The van der Waals surface area contributed by atoms with Crippen molar-refractivity contribution in [2.45, 2.75) is 6.10 Å². The molecule has 0 saturated carbocycles. The van der Waals surface area contributed by atoms with Crippen LogP contribution in [0.4, 0.5) is 5.69 Å². The van der Waals surface area contributed by atoms with Gasteiger partial charge in [-0.2, -0.15) is 0 Å². The molecule has 116 valence electrons. The molecule has 2 rings (SSSR count). The van der Waals surface area contributed by atoms with Crippen molar-refractivity contribution >= 4 is 11.6 Å². The van der Waals surface area contributed by atoms with Gasteiger partial charge in [-0.25, -0.2) is 0 Å². The molecule has 0 bridgehead atoms. The van der Waals surface area contributed by atoms with E-state index in [4.69, 9.17) is 4.74 Å². The summed E-state index contributed by atoms with van der Waals surface area (Å²) in [5.74, 6) is 0.492. The Labute approximate surface area is 129 Å². The number of benzene rings is 2. The van der Waals surface area contributed by atoms with E-state index >= 15 is 0 Å². The third-order valence-corrected chi connectivity index (χ3v) is 3.03. The number of anilines is 1. The maximum Gasteiger partial charge on any atom is 0.255 e. The van der Waals surface area contributed by atoms with Crippen LogP contribution >= 0.6 is 0 Å². The molecule has 0 aliphatic carbocycles. The van der Waals surface area contributed by atoms with Crippen molar-refractivity contribution in [3.05, 3.63) is 60.2 Å². The molecule has 0 fully saturated rings. The number of rotatable bonds is 7. The molecule has 5 nitrogen and oxygen atoms in total. The third kappa shape index (κ3) is 4.87. The Morgan fingerprint density at radius 2 is 1.82 bits per heavy atom. The quantitative estimate of drug-likeness (QED) is 0.730. The van der Waals surface area contributed by atoms with Crippen LogP contribution in [0.25, 0.3) is 0 Å². The monoisotopic (exact) mass is 300 g/mol. The van der Waals surface area contributed by atoms with Crippen LogP contribution in [0.15, 0.2) is 54.6 Å². The highest BCUT2D eigenvalue weighted by Gasteiger charge is 2.06. The molecule has 1 atom stereocenters. The number of carbonyl (C=O) groups excluding carboxylic acids is 1. The van der Waals surface area contributed by atoms with Gasteiger partial charge in [-0.3, -0.25) is 4.79 Å². The van der Waals surface area contributed by atoms with Crippen molar-refractivity contribution in [2.75, 3.05) is 25.5 Å². The van der Waals surface area contributed by atoms with Gasteiger partial charge < -0.3 is 20.5 Å². The molecule has 2 aromatic carbocycles. The second-order valence-electron chi connectivity index (χ2n) is 4.87. The van der Waals surface area contributed by atoms with Gasteiger partial charge in [-0.05, 0) is 43.4 Å². The van der Waals surface area contributed by atoms with Gasteiger partial charge in [0.2, 0.25) is 0 Å². The summed E-state index contributed by atoms with van der Waals surface area (Å²) in [6.45, 7) is 0.696. The highest BCUT2D eigenvalue weighted by molar-refractivity contribution is 6.04. The Hall–Kier alpha value is -2.37. The van der Waals surface area contributed by atoms with Crippen LogP contribution in [0, 0.1) is 0 Å². The zero-order valence-corrected chi connectivity index (χ0v) is 12.5. The molecule has 3 N–H and O–H groups in total. The molecule has 0 aliphatic heterocycles. The topological polar surface area (TPSA) is 70.6 Å². The lowest BCUT2D eigenvalue weighted by atomic mass is 10.2. The highest BCUT2D eigenvalue weighted by Crippen LogP contribution is 2.16. The Kier molecular flexibility index (Phi) is 5.94. The minimum absolute atomic E-state index is 0.154. The van der Waals surface area contributed by atoms with Gasteiger partial charge in [-0.1, -0.05) is 18.2 Å². The van der Waals surface area contributed by atoms with Crippen molar-refractivity contribution in [3.63, 3.8) is 0 Å². The smallest absolute Gasteiger partial charge is 0.255 e. The van der Waals surface area contributed by atoms with E-state index in [1.807, 2.05) is 18.2 Å². The normalized spacial score (nSPS) is 11.7. The van der Waals surface area contributed by atoms with Gasteiger partial charge in [0, 0.05) is 17.8 Å². The number of hydrogen-bond donors (Lipinski definition) is 3. The lowest BCUT2D eigenvalue weighted by molar-refractivity contribution is 0.102. The van der Waals surface area contributed by atoms with E-state index in [9.17, 15) is 9.90 Å². The molecule has 0 spiro atoms. The number of hydrogen-bond acceptors (Lipinski definition) is 4. The number of aliphatic hydroxyl groups excluding tert-OH is 1. The fraction of sp³-hybridized carbons (Fsp3) is 0.235. The van der Waals surface area contributed by atoms with Crippen molar-refractivity contribution in [1.29, 1.82) is 0 Å². The fourth-order valence-electron chi connectivity index (χ4n) is 1.91. The first-order chi connectivity index (χ1) is 10.7. The van der Waals surface area contributed by atoms with E-state index in [2.05, 4.69) is 10.6 Å². The molecule has 0 heterocycles. The van der Waals surface area contributed by atoms with E-state index in [1.54, 1.807) is 43.4 Å². The number of amides is 1. The minimum Gasteiger partial charge on any atom is -0.491 e. The predicted molar refractivity (Wildman–Crippen MR) is 86.3 cm³/mol. The molecular weight excluding hydrogens is 280 g/mol. The first-order valence-electron chi connectivity index (χ1n) is 7.11. The number of nitrogens with one attached hydrogen (secondary N) is 2. The summed E-state index contributed by atoms with van der Waals surface area (Å²) in [5.41, 5.74) is 1.30. The summed E-state index contributed by atoms with van der Waals surface area (Å²) in [6.07, 6.45) is -0.553. The molecule has 22 heavy (non-hydrogen) atoms. The van der Waals surface area contributed by atoms with Crippen molar-refractivity contribution in [1.82, 2.24) is 5.32 Å². The van der Waals surface area contributed by atoms with E-state index in [1.165, 1.54) is 0 Å². The SMILES string of the molecule is CNCC(O)COc1ccc(NC(=O)c2ccccc2)cc1. The summed E-state index contributed by atoms with van der Waals surface area (Å²) >= 11 is 0. The number of aliphatic hydroxyl groups is 1. The van der Waals surface area contributed by atoms with Crippen LogP contribution in [0.2, 0.25) is 0 Å². The van der Waals surface area contributed by atoms with Crippen LogP contribution in [-0.4, -0.2) is 37.3 Å². The average Bonchev–Trinajstić information content (AvgIpc) is 2.55. The second kappa shape index (κ2) is 8.17. The third-order valence-electron chi connectivity index (χ3n) is 3.03. The van der Waals surface area contributed by atoms with Crippen molar-refractivity contribution in [3.8, 4) is 5.75 Å². The van der Waals surface area contributed by atoms with Gasteiger partial charge in [0.25, 0.3) is 5.91 Å². The van der Waals surface area contributed by atoms with E-state index in [0.717, 1.165) is 0 Å². The van der Waals surface area contributed by atoms with Gasteiger partial charge in [0.1, 0.15) is 18.5 Å². The van der Waals surface area contributed by atoms with Crippen LogP contribution in [0.5, 0.6) is 5.75 Å². The van der Waals surface area contributed by atoms with Crippen molar-refractivity contribution < 1.29 is 14.6 Å². The van der Waals surface area contributed by atoms with Crippen LogP contribution in [0.1, 0.15) is 10.4 Å². The molecule has 0 aromatic heterocycles. The average molecular weight is 300 g/mol. The van der Waals surface area contributed by atoms with E-state index in [-0.39, 0.29) is 12.5 Å². The highest BCUT2D eigenvalue weighted by atomic mass is 16.5. The lowest BCUT2D eigenvalue weighted by Gasteiger charge is -2.12. The zero-order chi connectivity index (χ0) is 15.8. The predicted octanol–water partition coefficient (Wildman–Crippen LogP) is 1.90. The Bertz CT molecular complexity index is 585. The molecular formula is C17H20N2O3. The summed E-state index contributed by atoms with van der Waals surface area (Å²) in [7, 11) is 1.77. The van der Waals surface area contributed by atoms with Gasteiger partial charge in [0.15, 0.2) is 0 Å². The number of likely N-dealkylation sites (N-methyl/N-ethyl adjacent to an activating group) is 1. The van der Waals surface area contributed by atoms with Gasteiger partial charge in [0.05, 0.1) is 0 Å². The summed E-state index contributed by atoms with van der Waals surface area (Å²) < 4.78 is 5.46. The lowest BCUT2D eigenvalue weighted by Crippen LogP contribution is -2.29. The summed E-state index contributed by atoms with van der Waals surface area (Å²) in [6, 6.07) is 16.1. The van der Waals surface area contributed by atoms with Crippen molar-refractivity contribution in [2.24, 2.45) is 0 Å². The molecule has 1 unspecified atom stereocenters. The van der Waals surface area contributed by atoms with E-state index < -0.39 is 6.10 Å². The maximum absolute atomic E-state index is 12.0. The molecule has 0 aliphatic rings. The maximum atomic E-state index is 12.0. The molecule has 0 radical (unpaired) electrons. The minimum atomic E-state index is -0.553. The second-order valence-corrected chi connectivity index (χ2v) is 4.87. The number of ether oxygens (including phenoxy) is 1. The molecule has 1 amide bonds. The Morgan fingerprint density at radius 3 is 2.45 bits per heavy atom. The van der Waals surface area contributed by atoms with Gasteiger partial charge in [-0.15, -0.1) is 0 Å².